The van der Waals surface area contributed by atoms with Gasteiger partial charge in [-0.15, -0.1) is 0 Å². The van der Waals surface area contributed by atoms with Gasteiger partial charge in [-0.2, -0.15) is 0 Å². The molecule has 1 saturated heterocycles. The molecule has 5 nitrogen and oxygen atoms in total. The van der Waals surface area contributed by atoms with E-state index in [1.54, 1.807) is 24.7 Å². The molecule has 0 saturated carbocycles. The van der Waals surface area contributed by atoms with Gasteiger partial charge in [0.2, 0.25) is 0 Å². The Morgan fingerprint density at radius 2 is 2.26 bits per heavy atom. The molecule has 1 atom stereocenters. The number of benzene rings is 1. The smallest absolute Gasteiger partial charge is 0.123 e. The summed E-state index contributed by atoms with van der Waals surface area (Å²) in [7, 11) is 0. The summed E-state index contributed by atoms with van der Waals surface area (Å²) in [6.45, 7) is 2.40. The first-order chi connectivity index (χ1) is 11.2. The highest BCUT2D eigenvalue weighted by Gasteiger charge is 2.36. The molecule has 0 unspecified atom stereocenters. The average Bonchev–Trinajstić information content (AvgIpc) is 2.56. The van der Waals surface area contributed by atoms with E-state index in [0.717, 1.165) is 17.8 Å². The molecule has 0 bridgehead atoms. The van der Waals surface area contributed by atoms with Crippen LogP contribution in [-0.4, -0.2) is 51.9 Å². The second-order valence-electron chi connectivity index (χ2n) is 5.90. The van der Waals surface area contributed by atoms with Crippen molar-refractivity contribution in [1.29, 1.82) is 0 Å². The molecule has 122 valence electrons. The molecular weight excluding hydrogens is 297 g/mol. The van der Waals surface area contributed by atoms with Crippen LogP contribution >= 0.6 is 0 Å². The number of halogens is 1. The van der Waals surface area contributed by atoms with Crippen molar-refractivity contribution in [3.63, 3.8) is 0 Å². The Morgan fingerprint density at radius 3 is 3.00 bits per heavy atom. The zero-order chi connectivity index (χ0) is 16.1. The van der Waals surface area contributed by atoms with Gasteiger partial charge in [0.15, 0.2) is 0 Å². The third-order valence-corrected chi connectivity index (χ3v) is 4.03. The van der Waals surface area contributed by atoms with Gasteiger partial charge in [-0.1, -0.05) is 12.1 Å². The summed E-state index contributed by atoms with van der Waals surface area (Å²) in [5, 5.41) is 9.88. The fourth-order valence-corrected chi connectivity index (χ4v) is 2.98. The number of morpholine rings is 1. The van der Waals surface area contributed by atoms with Crippen LogP contribution in [0.1, 0.15) is 11.3 Å². The molecule has 1 fully saturated rings. The van der Waals surface area contributed by atoms with Gasteiger partial charge in [-0.25, -0.2) is 4.39 Å². The van der Waals surface area contributed by atoms with E-state index in [1.165, 1.54) is 12.1 Å². The molecule has 0 radical (unpaired) electrons. The van der Waals surface area contributed by atoms with E-state index in [9.17, 15) is 9.50 Å². The topological polar surface area (TPSA) is 58.5 Å². The minimum absolute atomic E-state index is 0.111. The third kappa shape index (κ3) is 4.10. The van der Waals surface area contributed by atoms with Crippen LogP contribution < -0.4 is 0 Å². The fourth-order valence-electron chi connectivity index (χ4n) is 2.98. The first kappa shape index (κ1) is 16.0. The third-order valence-electron chi connectivity index (χ3n) is 4.03. The van der Waals surface area contributed by atoms with Crippen molar-refractivity contribution < 1.29 is 14.2 Å². The molecule has 6 heteroatoms. The minimum atomic E-state index is -0.714. The minimum Gasteiger partial charge on any atom is -0.393 e. The summed E-state index contributed by atoms with van der Waals surface area (Å²) < 4.78 is 19.3. The van der Waals surface area contributed by atoms with Crippen LogP contribution in [0.4, 0.5) is 4.39 Å². The largest absolute Gasteiger partial charge is 0.393 e. The number of hydrogen-bond acceptors (Lipinski definition) is 5. The van der Waals surface area contributed by atoms with Gasteiger partial charge in [-0.3, -0.25) is 14.9 Å². The highest BCUT2D eigenvalue weighted by molar-refractivity contribution is 5.19. The molecule has 23 heavy (non-hydrogen) atoms. The Labute approximate surface area is 134 Å². The van der Waals surface area contributed by atoms with Gasteiger partial charge in [0.1, 0.15) is 11.4 Å². The number of aromatic nitrogens is 2. The molecule has 0 aliphatic carbocycles. The maximum Gasteiger partial charge on any atom is 0.123 e. The van der Waals surface area contributed by atoms with Crippen molar-refractivity contribution >= 4 is 0 Å². The van der Waals surface area contributed by atoms with Gasteiger partial charge in [0.25, 0.3) is 0 Å². The highest BCUT2D eigenvalue weighted by Crippen LogP contribution is 2.24. The molecule has 0 amide bonds. The van der Waals surface area contributed by atoms with Crippen molar-refractivity contribution in [2.24, 2.45) is 0 Å². The Morgan fingerprint density at radius 1 is 1.35 bits per heavy atom. The summed E-state index contributed by atoms with van der Waals surface area (Å²) in [4.78, 5) is 10.5. The van der Waals surface area contributed by atoms with E-state index in [1.807, 2.05) is 6.07 Å². The molecule has 2 heterocycles. The first-order valence-electron chi connectivity index (χ1n) is 7.66. The number of hydrogen-bond donors (Lipinski definition) is 1. The van der Waals surface area contributed by atoms with E-state index in [4.69, 9.17) is 4.74 Å². The molecule has 2 aromatic rings. The number of aliphatic hydroxyl groups excluding tert-OH is 1. The van der Waals surface area contributed by atoms with E-state index >= 15 is 0 Å². The summed E-state index contributed by atoms with van der Waals surface area (Å²) in [5.74, 6) is -0.275. The van der Waals surface area contributed by atoms with Crippen LogP contribution in [0.15, 0.2) is 42.9 Å². The number of ether oxygens (including phenoxy) is 1. The first-order valence-corrected chi connectivity index (χ1v) is 7.66. The summed E-state index contributed by atoms with van der Waals surface area (Å²) in [6, 6.07) is 6.43. The van der Waals surface area contributed by atoms with E-state index in [2.05, 4.69) is 14.9 Å². The second-order valence-corrected chi connectivity index (χ2v) is 5.90. The fraction of sp³-hybridized carbons (Fsp3) is 0.412. The van der Waals surface area contributed by atoms with Gasteiger partial charge < -0.3 is 9.84 Å². The molecule has 1 aliphatic heterocycles. The quantitative estimate of drug-likeness (QED) is 0.904. The lowest BCUT2D eigenvalue weighted by molar-refractivity contribution is -0.134. The van der Waals surface area contributed by atoms with Crippen molar-refractivity contribution in [2.45, 2.75) is 18.6 Å². The van der Waals surface area contributed by atoms with Crippen molar-refractivity contribution in [3.05, 3.63) is 59.9 Å². The zero-order valence-corrected chi connectivity index (χ0v) is 12.9. The molecule has 3 rings (SSSR count). The lowest BCUT2D eigenvalue weighted by Gasteiger charge is -2.41. The van der Waals surface area contributed by atoms with Gasteiger partial charge >= 0.3 is 0 Å². The number of nitrogens with zero attached hydrogens (tertiary/aromatic N) is 3. The van der Waals surface area contributed by atoms with Gasteiger partial charge in [0, 0.05) is 44.6 Å². The monoisotopic (exact) mass is 317 g/mol. The van der Waals surface area contributed by atoms with Crippen LogP contribution in [-0.2, 0) is 17.7 Å². The van der Waals surface area contributed by atoms with Crippen molar-refractivity contribution in [2.75, 3.05) is 26.3 Å². The molecule has 1 aromatic carbocycles. The maximum absolute atomic E-state index is 13.4. The predicted octanol–water partition coefficient (Wildman–Crippen LogP) is 1.42. The van der Waals surface area contributed by atoms with Crippen LogP contribution in [0, 0.1) is 5.82 Å². The molecule has 0 spiro atoms. The lowest BCUT2D eigenvalue weighted by atomic mass is 9.93. The van der Waals surface area contributed by atoms with Crippen molar-refractivity contribution in [3.8, 4) is 0 Å². The molecule has 1 N–H and O–H groups in total. The standard InChI is InChI=1S/C17H20FN3O2/c18-15-3-1-2-14(8-15)9-17(13-22)12-21(6-7-23-17)11-16-10-19-4-5-20-16/h1-5,8,10,22H,6-7,9,11-13H2/t17-/m0/s1. The van der Waals surface area contributed by atoms with E-state index in [0.29, 0.717) is 26.1 Å². The van der Waals surface area contributed by atoms with Crippen LogP contribution in [0.25, 0.3) is 0 Å². The molecular formula is C17H20FN3O2. The van der Waals surface area contributed by atoms with E-state index in [-0.39, 0.29) is 12.4 Å². The Balaban J connectivity index is 1.71. The Bertz CT molecular complexity index is 641. The van der Waals surface area contributed by atoms with Crippen LogP contribution in [0.2, 0.25) is 0 Å². The normalized spacial score (nSPS) is 22.2. The SMILES string of the molecule is OC[C@]1(Cc2cccc(F)c2)CN(Cc2cnccn2)CCO1. The second kappa shape index (κ2) is 7.12. The average molecular weight is 317 g/mol. The van der Waals surface area contributed by atoms with Crippen molar-refractivity contribution in [1.82, 2.24) is 14.9 Å². The maximum atomic E-state index is 13.4. The number of rotatable bonds is 5. The highest BCUT2D eigenvalue weighted by atomic mass is 19.1. The molecule has 1 aliphatic rings. The van der Waals surface area contributed by atoms with Crippen LogP contribution in [0.3, 0.4) is 0 Å². The van der Waals surface area contributed by atoms with E-state index < -0.39 is 5.60 Å². The Kier molecular flexibility index (Phi) is 4.95. The summed E-state index contributed by atoms with van der Waals surface area (Å²) in [5.41, 5.74) is 0.987. The predicted molar refractivity (Wildman–Crippen MR) is 83.2 cm³/mol. The lowest BCUT2D eigenvalue weighted by Crippen LogP contribution is -2.55. The summed E-state index contributed by atoms with van der Waals surface area (Å²) >= 11 is 0. The van der Waals surface area contributed by atoms with Crippen LogP contribution in [0.5, 0.6) is 0 Å². The summed E-state index contributed by atoms with van der Waals surface area (Å²) in [6.07, 6.45) is 5.52. The van der Waals surface area contributed by atoms with Gasteiger partial charge in [-0.05, 0) is 17.7 Å². The van der Waals surface area contributed by atoms with Gasteiger partial charge in [0.05, 0.1) is 18.9 Å². The Hall–Kier alpha value is -1.89. The molecule has 1 aromatic heterocycles. The zero-order valence-electron chi connectivity index (χ0n) is 12.9. The number of aliphatic hydroxyl groups is 1.